The molecule has 92 valence electrons. The van der Waals surface area contributed by atoms with Crippen molar-refractivity contribution < 1.29 is 0 Å². The Labute approximate surface area is 99.8 Å². The van der Waals surface area contributed by atoms with E-state index >= 15 is 0 Å². The molecule has 2 unspecified atom stereocenters. The van der Waals surface area contributed by atoms with E-state index in [-0.39, 0.29) is 5.54 Å². The zero-order chi connectivity index (χ0) is 12.0. The largest absolute Gasteiger partial charge is 0.300 e. The van der Waals surface area contributed by atoms with Crippen molar-refractivity contribution in [3.05, 3.63) is 0 Å². The first-order chi connectivity index (χ1) is 7.63. The lowest BCUT2D eigenvalue weighted by Crippen LogP contribution is -2.52. The summed E-state index contributed by atoms with van der Waals surface area (Å²) in [6, 6.07) is 2.41. The highest BCUT2D eigenvalue weighted by molar-refractivity contribution is 5.05. The Morgan fingerprint density at radius 1 is 1.50 bits per heavy atom. The molecule has 1 N–H and O–H groups in total. The molecule has 0 spiro atoms. The lowest BCUT2D eigenvalue weighted by atomic mass is 9.94. The number of likely N-dealkylation sites (tertiary alicyclic amines) is 1. The van der Waals surface area contributed by atoms with Gasteiger partial charge in [0.2, 0.25) is 0 Å². The van der Waals surface area contributed by atoms with Crippen molar-refractivity contribution in [3.8, 4) is 6.07 Å². The number of likely N-dealkylation sites (N-methyl/N-ethyl adjacent to an activating group) is 1. The summed E-state index contributed by atoms with van der Waals surface area (Å²) in [6.45, 7) is 10.4. The Morgan fingerprint density at radius 3 is 2.81 bits per heavy atom. The molecule has 1 rings (SSSR count). The van der Waals surface area contributed by atoms with E-state index in [1.54, 1.807) is 0 Å². The summed E-state index contributed by atoms with van der Waals surface area (Å²) < 4.78 is 0. The van der Waals surface area contributed by atoms with Gasteiger partial charge in [-0.2, -0.15) is 5.26 Å². The van der Waals surface area contributed by atoms with E-state index in [1.165, 1.54) is 25.8 Å². The van der Waals surface area contributed by atoms with Crippen LogP contribution in [0.4, 0.5) is 0 Å². The van der Waals surface area contributed by atoms with Crippen LogP contribution in [0.5, 0.6) is 0 Å². The van der Waals surface area contributed by atoms with E-state index in [9.17, 15) is 5.26 Å². The van der Waals surface area contributed by atoms with E-state index in [1.807, 2.05) is 6.92 Å². The smallest absolute Gasteiger partial charge is 0.116 e. The third-order valence-electron chi connectivity index (χ3n) is 3.53. The number of rotatable bonds is 5. The van der Waals surface area contributed by atoms with Gasteiger partial charge in [0.05, 0.1) is 6.07 Å². The van der Waals surface area contributed by atoms with Crippen LogP contribution in [0, 0.1) is 17.2 Å². The van der Waals surface area contributed by atoms with E-state index < -0.39 is 0 Å². The summed E-state index contributed by atoms with van der Waals surface area (Å²) in [7, 11) is 0. The van der Waals surface area contributed by atoms with Gasteiger partial charge in [-0.1, -0.05) is 20.3 Å². The SMILES string of the molecule is CCNC(C)(C#N)CN1CCCC(CC)C1. The van der Waals surface area contributed by atoms with Crippen molar-refractivity contribution in [2.75, 3.05) is 26.2 Å². The van der Waals surface area contributed by atoms with Crippen LogP contribution in [0.15, 0.2) is 0 Å². The number of nitrogens with one attached hydrogen (secondary N) is 1. The zero-order valence-corrected chi connectivity index (χ0v) is 10.9. The predicted molar refractivity (Wildman–Crippen MR) is 67.1 cm³/mol. The summed E-state index contributed by atoms with van der Waals surface area (Å²) in [5.41, 5.74) is -0.385. The van der Waals surface area contributed by atoms with E-state index in [4.69, 9.17) is 0 Å². The number of hydrogen-bond donors (Lipinski definition) is 1. The average Bonchev–Trinajstić information content (AvgIpc) is 2.29. The van der Waals surface area contributed by atoms with Gasteiger partial charge in [-0.3, -0.25) is 5.32 Å². The van der Waals surface area contributed by atoms with Crippen molar-refractivity contribution in [2.24, 2.45) is 5.92 Å². The minimum Gasteiger partial charge on any atom is -0.300 e. The van der Waals surface area contributed by atoms with Crippen molar-refractivity contribution in [2.45, 2.75) is 45.6 Å². The Balaban J connectivity index is 2.49. The summed E-state index contributed by atoms with van der Waals surface area (Å²) in [6.07, 6.45) is 3.91. The fraction of sp³-hybridized carbons (Fsp3) is 0.923. The monoisotopic (exact) mass is 223 g/mol. The van der Waals surface area contributed by atoms with Crippen molar-refractivity contribution in [3.63, 3.8) is 0 Å². The van der Waals surface area contributed by atoms with Gasteiger partial charge in [0.1, 0.15) is 5.54 Å². The summed E-state index contributed by atoms with van der Waals surface area (Å²) in [4.78, 5) is 2.45. The van der Waals surface area contributed by atoms with Gasteiger partial charge in [-0.05, 0) is 38.8 Å². The summed E-state index contributed by atoms with van der Waals surface area (Å²) >= 11 is 0. The lowest BCUT2D eigenvalue weighted by Gasteiger charge is -2.36. The second-order valence-corrected chi connectivity index (χ2v) is 5.13. The number of hydrogen-bond acceptors (Lipinski definition) is 3. The molecule has 0 aromatic carbocycles. The maximum Gasteiger partial charge on any atom is 0.116 e. The molecule has 1 heterocycles. The highest BCUT2D eigenvalue weighted by atomic mass is 15.2. The number of piperidine rings is 1. The van der Waals surface area contributed by atoms with Gasteiger partial charge in [0.25, 0.3) is 0 Å². The molecule has 0 radical (unpaired) electrons. The van der Waals surface area contributed by atoms with Crippen molar-refractivity contribution in [1.29, 1.82) is 5.26 Å². The Bertz CT molecular complexity index is 246. The van der Waals surface area contributed by atoms with Crippen LogP contribution in [-0.2, 0) is 0 Å². The van der Waals surface area contributed by atoms with Crippen LogP contribution in [0.2, 0.25) is 0 Å². The van der Waals surface area contributed by atoms with Gasteiger partial charge in [-0.15, -0.1) is 0 Å². The molecule has 1 aliphatic heterocycles. The topological polar surface area (TPSA) is 39.1 Å². The first-order valence-electron chi connectivity index (χ1n) is 6.52. The molecule has 0 bridgehead atoms. The molecular formula is C13H25N3. The van der Waals surface area contributed by atoms with E-state index in [2.05, 4.69) is 30.1 Å². The summed E-state index contributed by atoms with van der Waals surface area (Å²) in [5, 5.41) is 12.5. The van der Waals surface area contributed by atoms with E-state index in [0.29, 0.717) is 0 Å². The zero-order valence-electron chi connectivity index (χ0n) is 10.9. The molecule has 16 heavy (non-hydrogen) atoms. The van der Waals surface area contributed by atoms with Crippen molar-refractivity contribution in [1.82, 2.24) is 10.2 Å². The predicted octanol–water partition coefficient (Wildman–Crippen LogP) is 2.00. The molecule has 3 heteroatoms. The molecule has 1 aliphatic rings. The highest BCUT2D eigenvalue weighted by Gasteiger charge is 2.28. The molecule has 0 aromatic rings. The van der Waals surface area contributed by atoms with Gasteiger partial charge < -0.3 is 4.90 Å². The quantitative estimate of drug-likeness (QED) is 0.775. The first-order valence-corrected chi connectivity index (χ1v) is 6.52. The van der Waals surface area contributed by atoms with Crippen LogP contribution in [0.25, 0.3) is 0 Å². The van der Waals surface area contributed by atoms with Crippen LogP contribution in [0.1, 0.15) is 40.0 Å². The minimum absolute atomic E-state index is 0.385. The van der Waals surface area contributed by atoms with E-state index in [0.717, 1.165) is 25.6 Å². The number of nitriles is 1. The second-order valence-electron chi connectivity index (χ2n) is 5.13. The van der Waals surface area contributed by atoms with Gasteiger partial charge in [0, 0.05) is 13.1 Å². The molecule has 0 aromatic heterocycles. The highest BCUT2D eigenvalue weighted by Crippen LogP contribution is 2.20. The number of nitrogens with zero attached hydrogens (tertiary/aromatic N) is 2. The molecule has 1 fully saturated rings. The van der Waals surface area contributed by atoms with Gasteiger partial charge in [0.15, 0.2) is 0 Å². The molecule has 0 saturated carbocycles. The maximum atomic E-state index is 9.23. The van der Waals surface area contributed by atoms with Crippen LogP contribution in [-0.4, -0.2) is 36.6 Å². The third kappa shape index (κ3) is 3.77. The molecule has 0 aliphatic carbocycles. The first kappa shape index (κ1) is 13.5. The minimum atomic E-state index is -0.385. The van der Waals surface area contributed by atoms with Crippen molar-refractivity contribution >= 4 is 0 Å². The summed E-state index contributed by atoms with van der Waals surface area (Å²) in [5.74, 6) is 0.832. The fourth-order valence-electron chi connectivity index (χ4n) is 2.60. The molecule has 2 atom stereocenters. The fourth-order valence-corrected chi connectivity index (χ4v) is 2.60. The molecular weight excluding hydrogens is 198 g/mol. The van der Waals surface area contributed by atoms with Gasteiger partial charge in [-0.25, -0.2) is 0 Å². The maximum absolute atomic E-state index is 9.23. The Hall–Kier alpha value is -0.590. The third-order valence-corrected chi connectivity index (χ3v) is 3.53. The Kier molecular flexibility index (Phi) is 5.24. The second kappa shape index (κ2) is 6.22. The molecule has 0 amide bonds. The Morgan fingerprint density at radius 2 is 2.25 bits per heavy atom. The lowest BCUT2D eigenvalue weighted by molar-refractivity contribution is 0.145. The normalized spacial score (nSPS) is 26.0. The van der Waals surface area contributed by atoms with Crippen LogP contribution >= 0.6 is 0 Å². The van der Waals surface area contributed by atoms with Gasteiger partial charge >= 0.3 is 0 Å². The molecule has 1 saturated heterocycles. The van der Waals surface area contributed by atoms with Crippen LogP contribution < -0.4 is 5.32 Å². The molecule has 3 nitrogen and oxygen atoms in total. The van der Waals surface area contributed by atoms with Crippen LogP contribution in [0.3, 0.4) is 0 Å². The average molecular weight is 223 g/mol. The standard InChI is InChI=1S/C13H25N3/c1-4-12-7-6-8-16(9-12)11-13(3,10-14)15-5-2/h12,15H,4-9,11H2,1-3H3.